The van der Waals surface area contributed by atoms with Gasteiger partial charge in [0, 0.05) is 0 Å². The van der Waals surface area contributed by atoms with Crippen LogP contribution in [0.25, 0.3) is 0 Å². The maximum Gasteiger partial charge on any atom is -0.0312 e. The standard InChI is InChI=1S/C106H110/c1-2-6-5(1)9-10(6)14-13(9)17-18(14)22-21(17)25-26(22)30-29(25)33-34(30)38-37(33)41-42(38)46-45(41)49-50(46)54-53(49)57-58(54)62-61(57)65-66(62)70-69(65)73-74(70)78-77(73)81-82(78)86-85(81)89-90(86)94-93(89)97-98(94)102-101(97)105-103-99-95-91-87-83-79-75-71-67-63-59-55-51-47-43-39-35-31-27-23-19-15-11-7-3-4-8(7)12(11)16(15)20(19)24(23)28(27)32(31)36(35)40(39)44(43)48(47)52(51)56(55)60(59)64(63)68(67)72(71)76(75)80(79)84(83)88(87)92(91)96(95)100(99)104(103)106(102)105/h5-106H,1-4H2. The quantitative estimate of drug-likeness (QED) is 0.212. The Hall–Kier alpha value is 0. The van der Waals surface area contributed by atoms with Gasteiger partial charge < -0.3 is 0 Å². The van der Waals surface area contributed by atoms with E-state index in [0.29, 0.717) is 0 Å². The molecule has 100 atom stereocenters. The molecule has 52 fully saturated rings. The van der Waals surface area contributed by atoms with Crippen molar-refractivity contribution in [1.82, 2.24) is 0 Å². The SMILES string of the molecule is C1CC2C1C1C2C2C1C1C2C2C1C1C2C2C1C1C2C2C1C1C2C2C1C1C2C2C1C1C2C2C1C1C2C2C1C1C2C2C1C1C2C2C1C1C2C2C1C1C2C2C1C1C3C4C5C6C7C8C9C%10C%11C%12C%13C%14C%15C%16C%17C%18C%19C%20C%21C%22C%23C%24C%25C%26C%27CCC%27C%26C%25C%24C%23C%22C%21C%20C%19C%18C%17C%16C%15C%14C%13C%12C%11C%10C9C8C7C6C5C4C3C21. The fourth-order valence-corrected chi connectivity index (χ4v) is 71.4. The molecule has 52 aliphatic rings. The Bertz CT molecular complexity index is 4490. The second-order valence-electron chi connectivity index (χ2n) is 60.4. The van der Waals surface area contributed by atoms with E-state index in [9.17, 15) is 0 Å². The van der Waals surface area contributed by atoms with Crippen molar-refractivity contribution in [2.75, 3.05) is 0 Å². The molecule has 0 aliphatic heterocycles. The molecule has 0 heteroatoms. The van der Waals surface area contributed by atoms with E-state index in [1.165, 1.54) is 604 Å². The molecule has 0 aromatic carbocycles. The summed E-state index contributed by atoms with van der Waals surface area (Å²) in [7, 11) is 0. The summed E-state index contributed by atoms with van der Waals surface area (Å²) < 4.78 is 0. The van der Waals surface area contributed by atoms with Gasteiger partial charge in [0.2, 0.25) is 0 Å². The molecule has 0 saturated heterocycles. The van der Waals surface area contributed by atoms with Crippen molar-refractivity contribution in [3.05, 3.63) is 0 Å². The van der Waals surface area contributed by atoms with E-state index in [1.807, 2.05) is 0 Å². The lowest BCUT2D eigenvalue weighted by Crippen LogP contribution is -2.99. The molecule has 0 amide bonds. The number of fused-ring (bicyclic) bond motifs is 151. The highest BCUT2D eigenvalue weighted by Gasteiger charge is 3.06. The fourth-order valence-electron chi connectivity index (χ4n) is 71.4. The van der Waals surface area contributed by atoms with E-state index >= 15 is 0 Å². The Balaban J connectivity index is 0.253. The lowest BCUT2D eigenvalue weighted by Gasteiger charge is -3.03. The topological polar surface area (TPSA) is 0 Å². The van der Waals surface area contributed by atoms with Gasteiger partial charge in [0.25, 0.3) is 0 Å². The van der Waals surface area contributed by atoms with Crippen LogP contribution < -0.4 is 0 Å². The first-order valence-electron chi connectivity index (χ1n) is 53.0. The summed E-state index contributed by atoms with van der Waals surface area (Å²) in [5, 5.41) is 0. The molecule has 100 unspecified atom stereocenters. The van der Waals surface area contributed by atoms with Crippen molar-refractivity contribution < 1.29 is 0 Å². The minimum Gasteiger partial charge on any atom is -0.0496 e. The molecule has 0 bridgehead atoms. The van der Waals surface area contributed by atoms with Crippen LogP contribution in [0.5, 0.6) is 0 Å². The van der Waals surface area contributed by atoms with Gasteiger partial charge in [0.05, 0.1) is 0 Å². The van der Waals surface area contributed by atoms with Gasteiger partial charge in [-0.3, -0.25) is 0 Å². The first-order chi connectivity index (χ1) is 53.0. The molecular weight excluding hydrogens is 1270 g/mol. The van der Waals surface area contributed by atoms with Crippen molar-refractivity contribution in [3.63, 3.8) is 0 Å². The normalized spacial score (nSPS) is 105. The third-order valence-corrected chi connectivity index (χ3v) is 69.2. The summed E-state index contributed by atoms with van der Waals surface area (Å²) in [6.07, 6.45) is 6.67. The van der Waals surface area contributed by atoms with E-state index in [0.717, 1.165) is 0 Å². The average molecular weight is 1380 g/mol. The van der Waals surface area contributed by atoms with Gasteiger partial charge in [-0.25, -0.2) is 0 Å². The highest BCUT2D eigenvalue weighted by Crippen LogP contribution is 3.09. The zero-order valence-corrected chi connectivity index (χ0v) is 61.7. The fraction of sp³-hybridized carbons (Fsp3) is 1.00. The van der Waals surface area contributed by atoms with E-state index in [4.69, 9.17) is 0 Å². The van der Waals surface area contributed by atoms with Crippen LogP contribution in [0.1, 0.15) is 25.7 Å². The summed E-state index contributed by atoms with van der Waals surface area (Å²) in [6, 6.07) is 0. The predicted molar refractivity (Wildman–Crippen MR) is 374 cm³/mol. The second-order valence-corrected chi connectivity index (χ2v) is 60.4. The van der Waals surface area contributed by atoms with Crippen LogP contribution in [0.2, 0.25) is 0 Å². The Morgan fingerprint density at radius 2 is 0.0849 bits per heavy atom. The first-order valence-corrected chi connectivity index (χ1v) is 53.0. The van der Waals surface area contributed by atoms with Crippen molar-refractivity contribution >= 4 is 0 Å². The second kappa shape index (κ2) is 11.8. The molecule has 0 aromatic rings. The van der Waals surface area contributed by atoms with E-state index in [1.54, 1.807) is 25.7 Å². The van der Waals surface area contributed by atoms with Crippen molar-refractivity contribution in [1.29, 1.82) is 0 Å². The Morgan fingerprint density at radius 1 is 0.0472 bits per heavy atom. The Kier molecular flexibility index (Phi) is 5.29. The summed E-state index contributed by atoms with van der Waals surface area (Å²) in [5.41, 5.74) is 0. The van der Waals surface area contributed by atoms with E-state index in [2.05, 4.69) is 0 Å². The predicted octanol–water partition coefficient (Wildman–Crippen LogP) is 14.1. The largest absolute Gasteiger partial charge is 0.0496 e. The molecule has 0 aromatic heterocycles. The van der Waals surface area contributed by atoms with Gasteiger partial charge in [-0.05, 0) is 629 Å². The minimum absolute atomic E-state index is 1.27. The molecular formula is C106H110. The molecule has 534 valence electrons. The third-order valence-electron chi connectivity index (χ3n) is 69.2. The van der Waals surface area contributed by atoms with Gasteiger partial charge in [-0.1, -0.05) is 0 Å². The molecule has 0 spiro atoms. The zero-order chi connectivity index (χ0) is 61.7. The minimum atomic E-state index is 1.27. The van der Waals surface area contributed by atoms with Crippen LogP contribution in [0, 0.1) is 604 Å². The van der Waals surface area contributed by atoms with Crippen LogP contribution in [0.15, 0.2) is 0 Å². The first kappa shape index (κ1) is 47.4. The van der Waals surface area contributed by atoms with Crippen LogP contribution in [-0.4, -0.2) is 0 Å². The smallest absolute Gasteiger partial charge is 0.0312 e. The van der Waals surface area contributed by atoms with Crippen LogP contribution in [0.4, 0.5) is 0 Å². The highest BCUT2D eigenvalue weighted by atomic mass is 15.1. The van der Waals surface area contributed by atoms with Crippen molar-refractivity contribution in [2.24, 2.45) is 604 Å². The average Bonchev–Trinajstić information content (AvgIpc) is 0.587. The molecule has 0 heterocycles. The summed E-state index contributed by atoms with van der Waals surface area (Å²) >= 11 is 0. The Morgan fingerprint density at radius 3 is 0.123 bits per heavy atom. The van der Waals surface area contributed by atoms with E-state index < -0.39 is 0 Å². The Labute approximate surface area is 625 Å². The number of rotatable bonds is 0. The van der Waals surface area contributed by atoms with Gasteiger partial charge in [0.15, 0.2) is 0 Å². The summed E-state index contributed by atoms with van der Waals surface area (Å²) in [6.45, 7) is 0. The lowest BCUT2D eigenvalue weighted by molar-refractivity contribution is -0.562. The van der Waals surface area contributed by atoms with Gasteiger partial charge in [-0.15, -0.1) is 0 Å². The third kappa shape index (κ3) is 2.93. The molecule has 0 radical (unpaired) electrons. The van der Waals surface area contributed by atoms with Gasteiger partial charge in [0.1, 0.15) is 0 Å². The van der Waals surface area contributed by atoms with Gasteiger partial charge >= 0.3 is 0 Å². The zero-order valence-electron chi connectivity index (χ0n) is 61.7. The maximum atomic E-state index is 1.67. The van der Waals surface area contributed by atoms with Crippen LogP contribution in [-0.2, 0) is 0 Å². The molecule has 52 saturated carbocycles. The van der Waals surface area contributed by atoms with E-state index in [-0.39, 0.29) is 0 Å². The maximum absolute atomic E-state index is 1.67. The summed E-state index contributed by atoms with van der Waals surface area (Å²) in [4.78, 5) is 0. The lowest BCUT2D eigenvalue weighted by atomic mass is 9.02. The molecule has 0 N–H and O–H groups in total. The molecule has 0 nitrogen and oxygen atoms in total. The number of hydrogen-bond acceptors (Lipinski definition) is 0. The number of hydrogen-bond donors (Lipinski definition) is 0. The molecule has 106 heavy (non-hydrogen) atoms. The van der Waals surface area contributed by atoms with Crippen molar-refractivity contribution in [2.45, 2.75) is 25.7 Å². The van der Waals surface area contributed by atoms with Crippen LogP contribution in [0.3, 0.4) is 0 Å². The van der Waals surface area contributed by atoms with Crippen molar-refractivity contribution in [3.8, 4) is 0 Å². The highest BCUT2D eigenvalue weighted by molar-refractivity contribution is 5.52. The molecule has 52 aliphatic carbocycles. The van der Waals surface area contributed by atoms with Crippen LogP contribution >= 0.6 is 0 Å². The molecule has 52 rings (SSSR count). The monoisotopic (exact) mass is 1380 g/mol. The van der Waals surface area contributed by atoms with Gasteiger partial charge in [-0.2, -0.15) is 0 Å². The summed E-state index contributed by atoms with van der Waals surface area (Å²) in [5.74, 6) is 135.